The number of nitrogens with one attached hydrogen (secondary N) is 1. The Labute approximate surface area is 138 Å². The SMILES string of the molecule is CCCCCCCCCCNC(CC(C)C)c1ccccn1. The van der Waals surface area contributed by atoms with Crippen LogP contribution >= 0.6 is 0 Å². The summed E-state index contributed by atoms with van der Waals surface area (Å²) in [7, 11) is 0. The minimum Gasteiger partial charge on any atom is -0.309 e. The van der Waals surface area contributed by atoms with Crippen LogP contribution in [0, 0.1) is 5.92 Å². The number of rotatable bonds is 13. The molecule has 1 unspecified atom stereocenters. The fourth-order valence-corrected chi connectivity index (χ4v) is 2.90. The van der Waals surface area contributed by atoms with Crippen LogP contribution < -0.4 is 5.32 Å². The molecule has 0 spiro atoms. The summed E-state index contributed by atoms with van der Waals surface area (Å²) in [6.07, 6.45) is 14.1. The third-order valence-corrected chi connectivity index (χ3v) is 4.17. The Morgan fingerprint density at radius 1 is 0.955 bits per heavy atom. The normalized spacial score (nSPS) is 12.7. The van der Waals surface area contributed by atoms with Crippen LogP contribution in [0.2, 0.25) is 0 Å². The largest absolute Gasteiger partial charge is 0.309 e. The Morgan fingerprint density at radius 2 is 1.64 bits per heavy atom. The lowest BCUT2D eigenvalue weighted by Gasteiger charge is -2.20. The van der Waals surface area contributed by atoms with Gasteiger partial charge in [-0.05, 0) is 37.4 Å². The standard InChI is InChI=1S/C20H36N2/c1-4-5-6-7-8-9-10-12-15-22-20(17-18(2)3)19-14-11-13-16-21-19/h11,13-14,16,18,20,22H,4-10,12,15,17H2,1-3H3. The Balaban J connectivity index is 2.16. The van der Waals surface area contributed by atoms with E-state index in [0.717, 1.165) is 13.0 Å². The molecule has 1 N–H and O–H groups in total. The van der Waals surface area contributed by atoms with Crippen molar-refractivity contribution in [1.29, 1.82) is 0 Å². The number of unbranched alkanes of at least 4 members (excludes halogenated alkanes) is 7. The molecule has 1 rings (SSSR count). The van der Waals surface area contributed by atoms with Crippen molar-refractivity contribution in [2.75, 3.05) is 6.54 Å². The molecule has 1 heterocycles. The van der Waals surface area contributed by atoms with Crippen LogP contribution in [0.3, 0.4) is 0 Å². The zero-order valence-corrected chi connectivity index (χ0v) is 15.0. The second kappa shape index (κ2) is 12.6. The van der Waals surface area contributed by atoms with Crippen molar-refractivity contribution in [3.05, 3.63) is 30.1 Å². The van der Waals surface area contributed by atoms with Gasteiger partial charge in [0.2, 0.25) is 0 Å². The van der Waals surface area contributed by atoms with Gasteiger partial charge in [-0.3, -0.25) is 4.98 Å². The molecular weight excluding hydrogens is 268 g/mol. The van der Waals surface area contributed by atoms with E-state index in [1.165, 1.54) is 57.1 Å². The van der Waals surface area contributed by atoms with Crippen LogP contribution in [-0.2, 0) is 0 Å². The highest BCUT2D eigenvalue weighted by Crippen LogP contribution is 2.19. The van der Waals surface area contributed by atoms with Crippen molar-refractivity contribution in [1.82, 2.24) is 10.3 Å². The van der Waals surface area contributed by atoms with Crippen molar-refractivity contribution in [3.63, 3.8) is 0 Å². The molecule has 0 saturated heterocycles. The molecule has 22 heavy (non-hydrogen) atoms. The summed E-state index contributed by atoms with van der Waals surface area (Å²) in [5.74, 6) is 0.693. The topological polar surface area (TPSA) is 24.9 Å². The molecule has 0 bridgehead atoms. The fourth-order valence-electron chi connectivity index (χ4n) is 2.90. The summed E-state index contributed by atoms with van der Waals surface area (Å²) in [4.78, 5) is 4.53. The summed E-state index contributed by atoms with van der Waals surface area (Å²) >= 11 is 0. The van der Waals surface area contributed by atoms with Crippen LogP contribution in [0.5, 0.6) is 0 Å². The van der Waals surface area contributed by atoms with E-state index in [9.17, 15) is 0 Å². The Hall–Kier alpha value is -0.890. The van der Waals surface area contributed by atoms with Gasteiger partial charge in [0.25, 0.3) is 0 Å². The minimum absolute atomic E-state index is 0.408. The van der Waals surface area contributed by atoms with Gasteiger partial charge in [0.05, 0.1) is 5.69 Å². The van der Waals surface area contributed by atoms with Gasteiger partial charge in [0.15, 0.2) is 0 Å². The second-order valence-corrected chi connectivity index (χ2v) is 6.87. The van der Waals surface area contributed by atoms with Crippen LogP contribution in [0.15, 0.2) is 24.4 Å². The average molecular weight is 305 g/mol. The van der Waals surface area contributed by atoms with Gasteiger partial charge >= 0.3 is 0 Å². The maximum absolute atomic E-state index is 4.53. The predicted octanol–water partition coefficient (Wildman–Crippen LogP) is 5.90. The smallest absolute Gasteiger partial charge is 0.0573 e. The Morgan fingerprint density at radius 3 is 2.23 bits per heavy atom. The minimum atomic E-state index is 0.408. The molecule has 0 aliphatic carbocycles. The third kappa shape index (κ3) is 9.19. The molecule has 1 aromatic rings. The first-order chi connectivity index (χ1) is 10.7. The van der Waals surface area contributed by atoms with Gasteiger partial charge < -0.3 is 5.32 Å². The highest BCUT2D eigenvalue weighted by Gasteiger charge is 2.13. The van der Waals surface area contributed by atoms with Crippen molar-refractivity contribution in [2.45, 2.75) is 84.6 Å². The molecule has 0 amide bonds. The first kappa shape index (κ1) is 19.2. The summed E-state index contributed by atoms with van der Waals surface area (Å²) < 4.78 is 0. The van der Waals surface area contributed by atoms with Gasteiger partial charge in [-0.1, -0.05) is 71.8 Å². The number of aromatic nitrogens is 1. The Kier molecular flexibility index (Phi) is 11.0. The quantitative estimate of drug-likeness (QED) is 0.459. The highest BCUT2D eigenvalue weighted by atomic mass is 14.9. The maximum Gasteiger partial charge on any atom is 0.0573 e. The highest BCUT2D eigenvalue weighted by molar-refractivity contribution is 5.08. The van der Waals surface area contributed by atoms with Crippen LogP contribution in [0.4, 0.5) is 0 Å². The van der Waals surface area contributed by atoms with E-state index in [-0.39, 0.29) is 0 Å². The summed E-state index contributed by atoms with van der Waals surface area (Å²) in [6.45, 7) is 7.96. The lowest BCUT2D eigenvalue weighted by atomic mass is 10.0. The van der Waals surface area contributed by atoms with Gasteiger partial charge in [0.1, 0.15) is 0 Å². The van der Waals surface area contributed by atoms with Crippen molar-refractivity contribution >= 4 is 0 Å². The van der Waals surface area contributed by atoms with Crippen LogP contribution in [0.1, 0.15) is 90.3 Å². The van der Waals surface area contributed by atoms with E-state index < -0.39 is 0 Å². The van der Waals surface area contributed by atoms with E-state index in [1.54, 1.807) is 0 Å². The molecule has 1 aromatic heterocycles. The number of nitrogens with zero attached hydrogens (tertiary/aromatic N) is 1. The molecule has 0 fully saturated rings. The number of hydrogen-bond acceptors (Lipinski definition) is 2. The zero-order valence-electron chi connectivity index (χ0n) is 15.0. The van der Waals surface area contributed by atoms with E-state index in [1.807, 2.05) is 12.3 Å². The van der Waals surface area contributed by atoms with Crippen molar-refractivity contribution in [2.24, 2.45) is 5.92 Å². The molecule has 1 atom stereocenters. The molecule has 0 aliphatic heterocycles. The third-order valence-electron chi connectivity index (χ3n) is 4.17. The molecule has 0 radical (unpaired) electrons. The van der Waals surface area contributed by atoms with E-state index >= 15 is 0 Å². The van der Waals surface area contributed by atoms with Crippen LogP contribution in [-0.4, -0.2) is 11.5 Å². The molecule has 0 aromatic carbocycles. The molecule has 126 valence electrons. The monoisotopic (exact) mass is 304 g/mol. The fraction of sp³-hybridized carbons (Fsp3) is 0.750. The summed E-state index contributed by atoms with van der Waals surface area (Å²) in [5.41, 5.74) is 1.19. The van der Waals surface area contributed by atoms with Crippen LogP contribution in [0.25, 0.3) is 0 Å². The lowest BCUT2D eigenvalue weighted by Crippen LogP contribution is -2.24. The van der Waals surface area contributed by atoms with Gasteiger partial charge in [-0.2, -0.15) is 0 Å². The molecule has 0 aliphatic rings. The van der Waals surface area contributed by atoms with Crippen molar-refractivity contribution < 1.29 is 0 Å². The van der Waals surface area contributed by atoms with Crippen molar-refractivity contribution in [3.8, 4) is 0 Å². The Bertz CT molecular complexity index is 348. The summed E-state index contributed by atoms with van der Waals surface area (Å²) in [5, 5.41) is 3.72. The maximum atomic E-state index is 4.53. The molecular formula is C20H36N2. The molecule has 2 heteroatoms. The molecule has 0 saturated carbocycles. The zero-order chi connectivity index (χ0) is 16.0. The first-order valence-electron chi connectivity index (χ1n) is 9.38. The van der Waals surface area contributed by atoms with Gasteiger partial charge in [-0.15, -0.1) is 0 Å². The van der Waals surface area contributed by atoms with E-state index in [0.29, 0.717) is 12.0 Å². The number of pyridine rings is 1. The van der Waals surface area contributed by atoms with E-state index in [2.05, 4.69) is 43.2 Å². The van der Waals surface area contributed by atoms with E-state index in [4.69, 9.17) is 0 Å². The predicted molar refractivity (Wildman–Crippen MR) is 97.0 cm³/mol. The lowest BCUT2D eigenvalue weighted by molar-refractivity contribution is 0.415. The second-order valence-electron chi connectivity index (χ2n) is 6.87. The average Bonchev–Trinajstić information content (AvgIpc) is 2.52. The first-order valence-corrected chi connectivity index (χ1v) is 9.38. The van der Waals surface area contributed by atoms with Gasteiger partial charge in [-0.25, -0.2) is 0 Å². The molecule has 2 nitrogen and oxygen atoms in total. The number of hydrogen-bond donors (Lipinski definition) is 1. The van der Waals surface area contributed by atoms with Gasteiger partial charge in [0, 0.05) is 12.2 Å². The summed E-state index contributed by atoms with van der Waals surface area (Å²) in [6, 6.07) is 6.64.